The summed E-state index contributed by atoms with van der Waals surface area (Å²) in [4.78, 5) is 12.3. The van der Waals surface area contributed by atoms with Crippen LogP contribution in [-0.2, 0) is 20.6 Å². The third kappa shape index (κ3) is 6.76. The molecule has 28 heavy (non-hydrogen) atoms. The second-order valence-corrected chi connectivity index (χ2v) is 9.35. The predicted molar refractivity (Wildman–Crippen MR) is 116 cm³/mol. The molecule has 6 nitrogen and oxygen atoms in total. The van der Waals surface area contributed by atoms with Gasteiger partial charge in [0.05, 0.1) is 19.1 Å². The number of aryl methyl sites for hydroxylation is 1. The Kier molecular flexibility index (Phi) is 8.19. The molecule has 8 heteroatoms. The number of hydrogen-bond donors (Lipinski definition) is 1. The minimum Gasteiger partial charge on any atom is -0.495 e. The van der Waals surface area contributed by atoms with Crippen LogP contribution in [0.25, 0.3) is 0 Å². The van der Waals surface area contributed by atoms with E-state index in [1.807, 2.05) is 31.2 Å². The van der Waals surface area contributed by atoms with Crippen molar-refractivity contribution in [1.82, 2.24) is 5.32 Å². The Labute approximate surface area is 171 Å². The number of hydrogen-bond acceptors (Lipinski definition) is 5. The molecule has 0 aromatic heterocycles. The second-order valence-electron chi connectivity index (χ2n) is 6.33. The average Bonchev–Trinajstić information content (AvgIpc) is 2.65. The summed E-state index contributed by atoms with van der Waals surface area (Å²) in [5, 5.41) is 2.79. The molecule has 0 unspecified atom stereocenters. The van der Waals surface area contributed by atoms with Crippen LogP contribution in [0.15, 0.2) is 48.5 Å². The Morgan fingerprint density at radius 3 is 2.54 bits per heavy atom. The number of anilines is 1. The maximum Gasteiger partial charge on any atom is 0.240 e. The van der Waals surface area contributed by atoms with E-state index in [2.05, 4.69) is 17.4 Å². The molecule has 0 heterocycles. The number of methoxy groups -OCH3 is 1. The Bertz CT molecular complexity index is 886. The minimum absolute atomic E-state index is 0.290. The number of nitrogens with one attached hydrogen (secondary N) is 1. The lowest BCUT2D eigenvalue weighted by molar-refractivity contribution is -0.119. The lowest BCUT2D eigenvalue weighted by Crippen LogP contribution is -2.41. The van der Waals surface area contributed by atoms with Gasteiger partial charge in [-0.25, -0.2) is 8.42 Å². The van der Waals surface area contributed by atoms with E-state index in [9.17, 15) is 13.2 Å². The third-order valence-electron chi connectivity index (χ3n) is 3.97. The number of rotatable bonds is 10. The van der Waals surface area contributed by atoms with Crippen LogP contribution in [0.1, 0.15) is 11.1 Å². The quantitative estimate of drug-likeness (QED) is 0.596. The normalized spacial score (nSPS) is 11.1. The summed E-state index contributed by atoms with van der Waals surface area (Å²) in [6.45, 7) is 2.04. The van der Waals surface area contributed by atoms with Gasteiger partial charge < -0.3 is 10.1 Å². The van der Waals surface area contributed by atoms with Crippen LogP contribution in [-0.4, -0.2) is 46.5 Å². The third-order valence-corrected chi connectivity index (χ3v) is 6.13. The van der Waals surface area contributed by atoms with Crippen LogP contribution in [0.3, 0.4) is 0 Å². The fourth-order valence-corrected chi connectivity index (χ4v) is 4.26. The topological polar surface area (TPSA) is 75.7 Å². The van der Waals surface area contributed by atoms with Gasteiger partial charge in [-0.2, -0.15) is 11.8 Å². The molecule has 0 saturated carbocycles. The Morgan fingerprint density at radius 1 is 1.18 bits per heavy atom. The first kappa shape index (κ1) is 22.1. The van der Waals surface area contributed by atoms with E-state index in [4.69, 9.17) is 4.74 Å². The van der Waals surface area contributed by atoms with Crippen LogP contribution >= 0.6 is 11.8 Å². The van der Waals surface area contributed by atoms with Crippen molar-refractivity contribution in [3.63, 3.8) is 0 Å². The highest BCUT2D eigenvalue weighted by molar-refractivity contribution is 7.98. The molecule has 1 N–H and O–H groups in total. The first-order valence-corrected chi connectivity index (χ1v) is 11.8. The summed E-state index contributed by atoms with van der Waals surface area (Å²) in [6.07, 6.45) is 1.08. The van der Waals surface area contributed by atoms with E-state index in [-0.39, 0.29) is 12.5 Å². The number of carbonyl (C=O) groups excluding carboxylic acids is 1. The largest absolute Gasteiger partial charge is 0.495 e. The lowest BCUT2D eigenvalue weighted by atomic mass is 10.2. The molecular weight excluding hydrogens is 396 g/mol. The summed E-state index contributed by atoms with van der Waals surface area (Å²) in [5.74, 6) is 1.66. The zero-order chi connectivity index (χ0) is 20.6. The van der Waals surface area contributed by atoms with E-state index in [1.165, 1.54) is 12.7 Å². The summed E-state index contributed by atoms with van der Waals surface area (Å²) >= 11 is 1.71. The SMILES string of the molecule is COc1ccc(C)cc1N(CC(=O)NCCSCc1ccccc1)S(C)(=O)=O. The molecule has 2 aromatic rings. The van der Waals surface area contributed by atoms with Crippen LogP contribution < -0.4 is 14.4 Å². The standard InChI is InChI=1S/C20H26N2O4S2/c1-16-9-10-19(26-2)18(13-16)22(28(3,24)25)14-20(23)21-11-12-27-15-17-7-5-4-6-8-17/h4-10,13H,11-12,14-15H2,1-3H3,(H,21,23). The van der Waals surface area contributed by atoms with Gasteiger partial charge >= 0.3 is 0 Å². The second kappa shape index (κ2) is 10.4. The van der Waals surface area contributed by atoms with E-state index in [0.29, 0.717) is 18.0 Å². The number of thioether (sulfide) groups is 1. The molecule has 0 aliphatic heterocycles. The van der Waals surface area contributed by atoms with Crippen molar-refractivity contribution in [2.24, 2.45) is 0 Å². The lowest BCUT2D eigenvalue weighted by Gasteiger charge is -2.24. The maximum atomic E-state index is 12.3. The van der Waals surface area contributed by atoms with Gasteiger partial charge in [0, 0.05) is 18.1 Å². The molecule has 0 spiro atoms. The molecule has 0 fully saturated rings. The Balaban J connectivity index is 1.92. The summed E-state index contributed by atoms with van der Waals surface area (Å²) in [7, 11) is -2.18. The van der Waals surface area contributed by atoms with E-state index >= 15 is 0 Å². The number of amides is 1. The number of benzene rings is 2. The van der Waals surface area contributed by atoms with Crippen molar-refractivity contribution in [3.8, 4) is 5.75 Å². The summed E-state index contributed by atoms with van der Waals surface area (Å²) < 4.78 is 30.9. The van der Waals surface area contributed by atoms with Crippen LogP contribution in [0, 0.1) is 6.92 Å². The summed E-state index contributed by atoms with van der Waals surface area (Å²) in [6, 6.07) is 15.3. The molecule has 152 valence electrons. The molecule has 2 rings (SSSR count). The van der Waals surface area contributed by atoms with Crippen molar-refractivity contribution in [3.05, 3.63) is 59.7 Å². The average molecular weight is 423 g/mol. The molecule has 0 bridgehead atoms. The van der Waals surface area contributed by atoms with Crippen molar-refractivity contribution >= 4 is 33.4 Å². The zero-order valence-electron chi connectivity index (χ0n) is 16.3. The number of nitrogens with zero attached hydrogens (tertiary/aromatic N) is 1. The molecule has 0 atom stereocenters. The fourth-order valence-electron chi connectivity index (χ4n) is 2.59. The molecular formula is C20H26N2O4S2. The monoisotopic (exact) mass is 422 g/mol. The molecule has 0 radical (unpaired) electrons. The molecule has 0 aliphatic rings. The first-order chi connectivity index (χ1) is 13.3. The first-order valence-electron chi connectivity index (χ1n) is 8.82. The van der Waals surface area contributed by atoms with Gasteiger partial charge in [0.1, 0.15) is 12.3 Å². The van der Waals surface area contributed by atoms with E-state index in [1.54, 1.807) is 23.9 Å². The van der Waals surface area contributed by atoms with Gasteiger partial charge in [0.25, 0.3) is 0 Å². The molecule has 1 amide bonds. The number of sulfonamides is 1. The van der Waals surface area contributed by atoms with Crippen LogP contribution in [0.5, 0.6) is 5.75 Å². The van der Waals surface area contributed by atoms with Gasteiger partial charge in [0.2, 0.25) is 15.9 Å². The number of carbonyl (C=O) groups is 1. The predicted octanol–water partition coefficient (Wildman–Crippen LogP) is 2.82. The highest BCUT2D eigenvalue weighted by Gasteiger charge is 2.24. The molecule has 0 aliphatic carbocycles. The van der Waals surface area contributed by atoms with Crippen LogP contribution in [0.4, 0.5) is 5.69 Å². The molecule has 2 aromatic carbocycles. The Hall–Kier alpha value is -2.19. The van der Waals surface area contributed by atoms with Gasteiger partial charge in [-0.1, -0.05) is 36.4 Å². The highest BCUT2D eigenvalue weighted by Crippen LogP contribution is 2.30. The number of ether oxygens (including phenoxy) is 1. The van der Waals surface area contributed by atoms with Crippen molar-refractivity contribution in [1.29, 1.82) is 0 Å². The van der Waals surface area contributed by atoms with Crippen LogP contribution in [0.2, 0.25) is 0 Å². The zero-order valence-corrected chi connectivity index (χ0v) is 18.0. The van der Waals surface area contributed by atoms with Gasteiger partial charge in [0.15, 0.2) is 0 Å². The fraction of sp³-hybridized carbons (Fsp3) is 0.350. The van der Waals surface area contributed by atoms with Gasteiger partial charge in [-0.3, -0.25) is 9.10 Å². The Morgan fingerprint density at radius 2 is 1.89 bits per heavy atom. The van der Waals surface area contributed by atoms with E-state index < -0.39 is 10.0 Å². The highest BCUT2D eigenvalue weighted by atomic mass is 32.2. The minimum atomic E-state index is -3.65. The molecule has 0 saturated heterocycles. The van der Waals surface area contributed by atoms with Gasteiger partial charge in [-0.05, 0) is 30.2 Å². The smallest absolute Gasteiger partial charge is 0.240 e. The van der Waals surface area contributed by atoms with Crippen molar-refractivity contribution in [2.75, 3.05) is 36.5 Å². The van der Waals surface area contributed by atoms with Crippen molar-refractivity contribution in [2.45, 2.75) is 12.7 Å². The maximum absolute atomic E-state index is 12.3. The summed E-state index contributed by atoms with van der Waals surface area (Å²) in [5.41, 5.74) is 2.47. The van der Waals surface area contributed by atoms with Crippen molar-refractivity contribution < 1.29 is 17.9 Å². The van der Waals surface area contributed by atoms with Gasteiger partial charge in [-0.15, -0.1) is 0 Å². The van der Waals surface area contributed by atoms with E-state index in [0.717, 1.165) is 27.6 Å².